The monoisotopic (exact) mass is 1880 g/mol. The van der Waals surface area contributed by atoms with Crippen molar-refractivity contribution >= 4 is 22.0 Å². The Balaban J connectivity index is 0.000000138. The van der Waals surface area contributed by atoms with Gasteiger partial charge in [-0.1, -0.05) is 44.2 Å². The third-order valence-electron chi connectivity index (χ3n) is 35.9. The van der Waals surface area contributed by atoms with Crippen LogP contribution in [0.1, 0.15) is 260 Å². The molecule has 17 aliphatic rings. The zero-order valence-corrected chi connectivity index (χ0v) is 89.7. The van der Waals surface area contributed by atoms with Crippen LogP contribution in [0, 0.1) is 93.7 Å². The summed E-state index contributed by atoms with van der Waals surface area (Å²) in [4.78, 5) is 60.9. The Kier molecular flexibility index (Phi) is 36.7. The highest BCUT2D eigenvalue weighted by atomic mass is 32.2. The standard InChI is InChI=1S/C26H41N3O2.C22H39N3O2.C17H30F2N2.C17H33N3O2S.C16H32N2.C11H22N2/c1-25(2,3)29-17-12-26(13-18-29)11-16-27(21-26)19-22-9-14-28(15-10-22)24(30)31-20-23-7-5-4-6-8-23;1-22(2,3)25-15-19-13-23(14-20(19)16-25)12-17-4-8-24(9-5-17)21(26)18-6-10-27-11-7-18;1-16(2,3)21-11-14-9-20(10-15(14)12-21)8-13-4-6-17(18,19)7-5-13;1-17(2,3)19-12-15-10-18(11-16(15)13-19)9-14-5-7-20(8-6-14)23(4,21)22;1-14(2)12-17-9-6-16(13-17)7-10-18(11-8-16)15(3,4)5;1-11(2,3)13-7-9-5-12(4)6-10(9)8-13/h4-8,22H,9-21H2,1-3H3;17-20H,4-16H2,1-3H3;13-15H,4-12H2,1-3H3;14-16H,5-13H2,1-4H3;14H,6-13H2,1-5H3;9-10H,5-8H2,1-4H3/t;19-,20+;14-,15+;15-,16+;;9-,10+. The molecule has 16 saturated heterocycles. The van der Waals surface area contributed by atoms with Gasteiger partial charge in [-0.25, -0.2) is 26.3 Å². The molecule has 1 aromatic carbocycles. The van der Waals surface area contributed by atoms with Gasteiger partial charge in [0.05, 0.1) is 6.26 Å². The lowest BCUT2D eigenvalue weighted by Gasteiger charge is -2.45. The van der Waals surface area contributed by atoms with Crippen molar-refractivity contribution in [2.75, 3.05) is 256 Å². The number of hydrogen-bond acceptors (Lipinski definition) is 18. The molecule has 21 nitrogen and oxygen atoms in total. The van der Waals surface area contributed by atoms with Crippen molar-refractivity contribution in [3.05, 3.63) is 35.9 Å². The number of benzene rings is 1. The fourth-order valence-electron chi connectivity index (χ4n) is 27.0. The van der Waals surface area contributed by atoms with Crippen LogP contribution in [0.2, 0.25) is 0 Å². The molecule has 0 radical (unpaired) electrons. The highest BCUT2D eigenvalue weighted by Gasteiger charge is 2.51. The van der Waals surface area contributed by atoms with Gasteiger partial charge in [-0.2, -0.15) is 0 Å². The number of amides is 2. The largest absolute Gasteiger partial charge is 0.445 e. The molecule has 18 rings (SSSR count). The highest BCUT2D eigenvalue weighted by molar-refractivity contribution is 7.88. The minimum atomic E-state index is -2.99. The Morgan fingerprint density at radius 1 is 0.391 bits per heavy atom. The van der Waals surface area contributed by atoms with Crippen molar-refractivity contribution in [1.29, 1.82) is 0 Å². The molecular formula is C109H197F2N15O6S. The topological polar surface area (TPSA) is 135 Å². The van der Waals surface area contributed by atoms with Gasteiger partial charge in [0.1, 0.15) is 6.61 Å². The fourth-order valence-corrected chi connectivity index (χ4v) is 27.8. The first-order valence-electron chi connectivity index (χ1n) is 54.3. The Hall–Kier alpha value is -2.79. The van der Waals surface area contributed by atoms with Gasteiger partial charge in [0.25, 0.3) is 0 Å². The molecule has 764 valence electrons. The highest BCUT2D eigenvalue weighted by Crippen LogP contribution is 2.47. The van der Waals surface area contributed by atoms with Gasteiger partial charge in [-0.15, -0.1) is 0 Å². The molecule has 17 fully saturated rings. The number of likely N-dealkylation sites (tertiary alicyclic amines) is 14. The molecule has 0 aromatic heterocycles. The zero-order chi connectivity index (χ0) is 96.0. The molecule has 2 spiro atoms. The quantitative estimate of drug-likeness (QED) is 0.175. The molecule has 0 N–H and O–H groups in total. The Morgan fingerprint density at radius 2 is 0.707 bits per heavy atom. The summed E-state index contributed by atoms with van der Waals surface area (Å²) in [5.74, 6) is 8.64. The van der Waals surface area contributed by atoms with E-state index in [-0.39, 0.29) is 30.4 Å². The molecule has 2 amide bonds. The van der Waals surface area contributed by atoms with Crippen LogP contribution >= 0.6 is 0 Å². The van der Waals surface area contributed by atoms with Crippen molar-refractivity contribution in [3.63, 3.8) is 0 Å². The second-order valence-electron chi connectivity index (χ2n) is 53.0. The molecule has 24 heteroatoms. The van der Waals surface area contributed by atoms with Gasteiger partial charge < -0.3 is 48.7 Å². The lowest BCUT2D eigenvalue weighted by atomic mass is 9.77. The van der Waals surface area contributed by atoms with Crippen LogP contribution in [0.5, 0.6) is 0 Å². The summed E-state index contributed by atoms with van der Waals surface area (Å²) in [5, 5.41) is 0. The van der Waals surface area contributed by atoms with Gasteiger partial charge in [0.15, 0.2) is 0 Å². The molecule has 16 aliphatic heterocycles. The summed E-state index contributed by atoms with van der Waals surface area (Å²) in [6, 6.07) is 9.92. The van der Waals surface area contributed by atoms with E-state index < -0.39 is 15.9 Å². The molecule has 1 aliphatic carbocycles. The molecule has 0 unspecified atom stereocenters. The van der Waals surface area contributed by atoms with Crippen LogP contribution in [0.25, 0.3) is 0 Å². The molecule has 0 bridgehead atoms. The zero-order valence-electron chi connectivity index (χ0n) is 88.9. The van der Waals surface area contributed by atoms with Crippen molar-refractivity contribution < 1.29 is 36.3 Å². The number of rotatable bonds is 14. The molecule has 16 heterocycles. The van der Waals surface area contributed by atoms with Gasteiger partial charge in [-0.3, -0.25) is 34.2 Å². The normalized spacial score (nSPS) is 30.4. The van der Waals surface area contributed by atoms with E-state index in [1.54, 1.807) is 4.31 Å². The molecule has 8 atom stereocenters. The van der Waals surface area contributed by atoms with Gasteiger partial charge >= 0.3 is 6.09 Å². The minimum absolute atomic E-state index is 0.107. The summed E-state index contributed by atoms with van der Waals surface area (Å²) in [5.41, 5.74) is 4.20. The van der Waals surface area contributed by atoms with Crippen LogP contribution < -0.4 is 0 Å². The first-order valence-corrected chi connectivity index (χ1v) is 56.2. The Morgan fingerprint density at radius 3 is 1.06 bits per heavy atom. The van der Waals surface area contributed by atoms with E-state index >= 15 is 0 Å². The number of sulfonamides is 1. The van der Waals surface area contributed by atoms with E-state index in [1.807, 2.05) is 35.2 Å². The SMILES string of the molecule is CC(C)(C)N1CCC2(CCN(CC3CCN(C(=O)OCc4ccccc4)CC3)C2)CC1.CC(C)(C)N1C[C@H]2CN(CC3CCC(F)(F)CC3)C[C@H]2C1.CC(C)(C)N1C[C@H]2CN(CC3CCN(C(=O)C4CCOCC4)CC3)C[C@H]2C1.CC(C)(C)N1C[C@H]2CN(CC3CCN(S(C)(=O)=O)CC3)C[C@H]2C1.CC(C)CN1CCC2(CCN(C(C)(C)C)CC2)C1.CN1C[C@@H]2CN(C(C)(C)C)C[C@@H]2C1. The van der Waals surface area contributed by atoms with E-state index in [4.69, 9.17) is 9.47 Å². The first kappa shape index (κ1) is 107. The number of carbonyl (C=O) groups excluding carboxylic acids is 2. The molecular weight excluding hydrogens is 1690 g/mol. The maximum absolute atomic E-state index is 13.2. The van der Waals surface area contributed by atoms with Crippen molar-refractivity contribution in [3.8, 4) is 0 Å². The smallest absolute Gasteiger partial charge is 0.410 e. The van der Waals surface area contributed by atoms with Crippen molar-refractivity contribution in [1.82, 2.24) is 72.9 Å². The van der Waals surface area contributed by atoms with E-state index in [1.165, 1.54) is 241 Å². The summed E-state index contributed by atoms with van der Waals surface area (Å²) in [7, 11) is -0.745. The number of fused-ring (bicyclic) bond motifs is 4. The summed E-state index contributed by atoms with van der Waals surface area (Å²) >= 11 is 0. The van der Waals surface area contributed by atoms with Crippen LogP contribution in [0.4, 0.5) is 13.6 Å². The summed E-state index contributed by atoms with van der Waals surface area (Å²) < 4.78 is 62.2. The fraction of sp³-hybridized carbons (Fsp3) is 0.927. The number of carbonyl (C=O) groups is 2. The van der Waals surface area contributed by atoms with Crippen LogP contribution in [0.15, 0.2) is 30.3 Å². The lowest BCUT2D eigenvalue weighted by molar-refractivity contribution is -0.140. The number of hydrogen-bond donors (Lipinski definition) is 0. The first-order chi connectivity index (χ1) is 62.4. The van der Waals surface area contributed by atoms with Crippen LogP contribution in [0.3, 0.4) is 0 Å². The average Bonchev–Trinajstić information content (AvgIpc) is 1.66. The lowest BCUT2D eigenvalue weighted by Crippen LogP contribution is -2.49. The van der Waals surface area contributed by atoms with Crippen molar-refractivity contribution in [2.24, 2.45) is 93.7 Å². The predicted octanol–water partition coefficient (Wildman–Crippen LogP) is 16.2. The maximum atomic E-state index is 13.2. The summed E-state index contributed by atoms with van der Waals surface area (Å²) in [6.07, 6.45) is 19.6. The van der Waals surface area contributed by atoms with Crippen molar-refractivity contribution in [2.45, 2.75) is 300 Å². The van der Waals surface area contributed by atoms with E-state index in [0.717, 1.165) is 149 Å². The second-order valence-corrected chi connectivity index (χ2v) is 55.0. The predicted molar refractivity (Wildman–Crippen MR) is 543 cm³/mol. The molecule has 1 aromatic rings. The second kappa shape index (κ2) is 45.4. The minimum Gasteiger partial charge on any atom is -0.445 e. The maximum Gasteiger partial charge on any atom is 0.410 e. The van der Waals surface area contributed by atoms with E-state index in [0.29, 0.717) is 94.7 Å². The van der Waals surface area contributed by atoms with E-state index in [9.17, 15) is 26.8 Å². The molecule has 1 saturated carbocycles. The van der Waals surface area contributed by atoms with Gasteiger partial charge in [0, 0.05) is 255 Å². The van der Waals surface area contributed by atoms with Gasteiger partial charge in [0.2, 0.25) is 21.9 Å². The Bertz CT molecular complexity index is 3770. The third kappa shape index (κ3) is 30.9. The van der Waals surface area contributed by atoms with Crippen LogP contribution in [-0.4, -0.2) is 388 Å². The third-order valence-corrected chi connectivity index (χ3v) is 37.2. The number of ether oxygens (including phenoxy) is 2. The van der Waals surface area contributed by atoms with Gasteiger partial charge in [-0.05, 0) is 367 Å². The number of halogens is 2. The number of piperidine rings is 5. The van der Waals surface area contributed by atoms with E-state index in [2.05, 4.69) is 209 Å². The number of alkyl halides is 2. The average molecular weight is 1880 g/mol. The number of nitrogens with zero attached hydrogens (tertiary/aromatic N) is 15. The Labute approximate surface area is 811 Å². The summed E-state index contributed by atoms with van der Waals surface area (Å²) in [6.45, 7) is 90.1. The van der Waals surface area contributed by atoms with Crippen LogP contribution in [-0.2, 0) is 30.9 Å². The molecule has 133 heavy (non-hydrogen) atoms.